The first-order valence-corrected chi connectivity index (χ1v) is 4.89. The average Bonchev–Trinajstić information content (AvgIpc) is 2.31. The lowest BCUT2D eigenvalue weighted by Crippen LogP contribution is -2.47. The fourth-order valence-electron chi connectivity index (χ4n) is 0.900. The first kappa shape index (κ1) is 15.1. The van der Waals surface area contributed by atoms with E-state index in [-0.39, 0.29) is 12.5 Å². The second-order valence-electron chi connectivity index (χ2n) is 3.44. The molecule has 0 heterocycles. The van der Waals surface area contributed by atoms with Gasteiger partial charge in [-0.05, 0) is 0 Å². The van der Waals surface area contributed by atoms with Crippen LogP contribution in [-0.2, 0) is 19.1 Å². The van der Waals surface area contributed by atoms with Crippen LogP contribution in [-0.4, -0.2) is 56.5 Å². The lowest BCUT2D eigenvalue weighted by molar-refractivity contribution is -0.135. The molecule has 3 N–H and O–H groups in total. The molecular formula is C10H17N3O4. The van der Waals surface area contributed by atoms with Crippen molar-refractivity contribution in [3.63, 3.8) is 0 Å². The maximum absolute atomic E-state index is 11.3. The molecule has 96 valence electrons. The van der Waals surface area contributed by atoms with Crippen molar-refractivity contribution in [3.05, 3.63) is 12.2 Å². The number of likely N-dealkylation sites (N-methyl/N-ethyl adjacent to an activating group) is 1. The molecule has 0 aliphatic heterocycles. The Bertz CT molecular complexity index is 326. The van der Waals surface area contributed by atoms with E-state index in [0.717, 1.165) is 12.2 Å². The van der Waals surface area contributed by atoms with Crippen LogP contribution in [0.2, 0.25) is 0 Å². The third-order valence-corrected chi connectivity index (χ3v) is 1.83. The maximum atomic E-state index is 11.3. The Labute approximate surface area is 99.6 Å². The zero-order chi connectivity index (χ0) is 13.4. The molecule has 17 heavy (non-hydrogen) atoms. The van der Waals surface area contributed by atoms with Gasteiger partial charge < -0.3 is 20.7 Å². The molecule has 0 aromatic carbocycles. The fraction of sp³-hybridized carbons (Fsp3) is 0.500. The summed E-state index contributed by atoms with van der Waals surface area (Å²) in [6.07, 6.45) is 1.99. The Balaban J connectivity index is 4.04. The number of nitrogens with one attached hydrogen (secondary N) is 1. The molecule has 0 radical (unpaired) electrons. The molecule has 7 nitrogen and oxygen atoms in total. The summed E-state index contributed by atoms with van der Waals surface area (Å²) in [5.74, 6) is -1.44. The van der Waals surface area contributed by atoms with Crippen LogP contribution < -0.4 is 11.1 Å². The molecule has 0 saturated carbocycles. The summed E-state index contributed by atoms with van der Waals surface area (Å²) >= 11 is 0. The number of hydrogen-bond acceptors (Lipinski definition) is 5. The van der Waals surface area contributed by atoms with Gasteiger partial charge in [-0.15, -0.1) is 0 Å². The average molecular weight is 243 g/mol. The second-order valence-corrected chi connectivity index (χ2v) is 3.44. The number of ether oxygens (including phenoxy) is 1. The smallest absolute Gasteiger partial charge is 0.330 e. The van der Waals surface area contributed by atoms with Gasteiger partial charge in [-0.25, -0.2) is 4.79 Å². The topological polar surface area (TPSA) is 102 Å². The van der Waals surface area contributed by atoms with Crippen molar-refractivity contribution in [3.8, 4) is 0 Å². The van der Waals surface area contributed by atoms with Crippen molar-refractivity contribution in [2.45, 2.75) is 6.04 Å². The van der Waals surface area contributed by atoms with E-state index < -0.39 is 17.9 Å². The molecule has 0 fully saturated rings. The number of methoxy groups -OCH3 is 1. The third kappa shape index (κ3) is 6.31. The Hall–Kier alpha value is -1.89. The predicted molar refractivity (Wildman–Crippen MR) is 60.8 cm³/mol. The van der Waals surface area contributed by atoms with Crippen LogP contribution >= 0.6 is 0 Å². The molecule has 0 unspecified atom stereocenters. The first-order valence-electron chi connectivity index (χ1n) is 4.89. The molecule has 0 saturated heterocycles. The largest absolute Gasteiger partial charge is 0.466 e. The lowest BCUT2D eigenvalue weighted by Gasteiger charge is -2.16. The quantitative estimate of drug-likeness (QED) is 0.440. The summed E-state index contributed by atoms with van der Waals surface area (Å²) in [6.45, 7) is 0.00135. The Morgan fingerprint density at radius 1 is 1.35 bits per heavy atom. The molecule has 0 rings (SSSR count). The molecular weight excluding hydrogens is 226 g/mol. The van der Waals surface area contributed by atoms with Crippen molar-refractivity contribution in [2.75, 3.05) is 27.7 Å². The molecule has 0 spiro atoms. The van der Waals surface area contributed by atoms with Crippen LogP contribution in [0.25, 0.3) is 0 Å². The molecule has 0 aliphatic rings. The standard InChI is InChI=1S/C10H17N3O4/c1-13(2)10(16)7(11)6-12-8(14)4-5-9(15)17-3/h4-5,7H,6,11H2,1-3H3,(H,12,14)/b5-4+/t7-/m0/s1. The van der Waals surface area contributed by atoms with Crippen LogP contribution in [0.5, 0.6) is 0 Å². The van der Waals surface area contributed by atoms with Gasteiger partial charge >= 0.3 is 5.97 Å². The maximum Gasteiger partial charge on any atom is 0.330 e. The molecule has 0 aliphatic carbocycles. The molecule has 0 aromatic rings. The second kappa shape index (κ2) is 7.39. The highest BCUT2D eigenvalue weighted by atomic mass is 16.5. The number of carbonyl (C=O) groups is 3. The Morgan fingerprint density at radius 3 is 2.41 bits per heavy atom. The highest BCUT2D eigenvalue weighted by molar-refractivity contribution is 5.94. The van der Waals surface area contributed by atoms with E-state index in [0.29, 0.717) is 0 Å². The highest BCUT2D eigenvalue weighted by Gasteiger charge is 2.15. The van der Waals surface area contributed by atoms with Gasteiger partial charge in [-0.1, -0.05) is 0 Å². The van der Waals surface area contributed by atoms with E-state index in [1.165, 1.54) is 12.0 Å². The van der Waals surface area contributed by atoms with Crippen LogP contribution in [0.4, 0.5) is 0 Å². The van der Waals surface area contributed by atoms with Gasteiger partial charge in [0.25, 0.3) is 0 Å². The van der Waals surface area contributed by atoms with Crippen LogP contribution in [0.3, 0.4) is 0 Å². The number of amides is 2. The lowest BCUT2D eigenvalue weighted by atomic mass is 10.3. The van der Waals surface area contributed by atoms with E-state index in [1.807, 2.05) is 0 Å². The van der Waals surface area contributed by atoms with Crippen LogP contribution in [0.1, 0.15) is 0 Å². The molecule has 0 aromatic heterocycles. The summed E-state index contributed by atoms with van der Waals surface area (Å²) in [7, 11) is 4.35. The predicted octanol–water partition coefficient (Wildman–Crippen LogP) is -1.75. The van der Waals surface area contributed by atoms with Gasteiger partial charge in [-0.2, -0.15) is 0 Å². The fourth-order valence-corrected chi connectivity index (χ4v) is 0.900. The zero-order valence-electron chi connectivity index (χ0n) is 10.1. The summed E-state index contributed by atoms with van der Waals surface area (Å²) in [5, 5.41) is 2.39. The van der Waals surface area contributed by atoms with Crippen LogP contribution in [0.15, 0.2) is 12.2 Å². The van der Waals surface area contributed by atoms with E-state index in [4.69, 9.17) is 5.73 Å². The van der Waals surface area contributed by atoms with Gasteiger partial charge in [0.05, 0.1) is 7.11 Å². The highest BCUT2D eigenvalue weighted by Crippen LogP contribution is 1.85. The summed E-state index contributed by atoms with van der Waals surface area (Å²) < 4.78 is 4.30. The number of nitrogens with zero attached hydrogens (tertiary/aromatic N) is 1. The monoisotopic (exact) mass is 243 g/mol. The Morgan fingerprint density at radius 2 is 1.94 bits per heavy atom. The third-order valence-electron chi connectivity index (χ3n) is 1.83. The number of esters is 1. The van der Waals surface area contributed by atoms with Crippen molar-refractivity contribution >= 4 is 17.8 Å². The summed E-state index contributed by atoms with van der Waals surface area (Å²) in [5.41, 5.74) is 5.53. The van der Waals surface area contributed by atoms with Gasteiger partial charge in [-0.3, -0.25) is 9.59 Å². The van der Waals surface area contributed by atoms with E-state index in [1.54, 1.807) is 14.1 Å². The van der Waals surface area contributed by atoms with Crippen molar-refractivity contribution in [2.24, 2.45) is 5.73 Å². The number of carbonyl (C=O) groups excluding carboxylic acids is 3. The number of hydrogen-bond donors (Lipinski definition) is 2. The molecule has 0 bridgehead atoms. The zero-order valence-corrected chi connectivity index (χ0v) is 10.1. The van der Waals surface area contributed by atoms with E-state index in [2.05, 4.69) is 10.1 Å². The minimum atomic E-state index is -0.805. The number of rotatable bonds is 5. The minimum Gasteiger partial charge on any atom is -0.466 e. The SMILES string of the molecule is COC(=O)/C=C/C(=O)NC[C@H](N)C(=O)N(C)C. The molecule has 1 atom stereocenters. The summed E-state index contributed by atoms with van der Waals surface area (Å²) in [4.78, 5) is 34.5. The van der Waals surface area contributed by atoms with Crippen molar-refractivity contribution in [1.29, 1.82) is 0 Å². The molecule has 7 heteroatoms. The number of nitrogens with two attached hydrogens (primary N) is 1. The van der Waals surface area contributed by atoms with Gasteiger partial charge in [0, 0.05) is 32.8 Å². The molecule has 2 amide bonds. The van der Waals surface area contributed by atoms with Crippen molar-refractivity contribution in [1.82, 2.24) is 10.2 Å². The van der Waals surface area contributed by atoms with E-state index in [9.17, 15) is 14.4 Å². The van der Waals surface area contributed by atoms with E-state index >= 15 is 0 Å². The van der Waals surface area contributed by atoms with Gasteiger partial charge in [0.1, 0.15) is 6.04 Å². The van der Waals surface area contributed by atoms with Crippen LogP contribution in [0, 0.1) is 0 Å². The first-order chi connectivity index (χ1) is 7.88. The summed E-state index contributed by atoms with van der Waals surface area (Å²) in [6, 6.07) is -0.805. The normalized spacial score (nSPS) is 12.0. The van der Waals surface area contributed by atoms with Crippen molar-refractivity contribution < 1.29 is 19.1 Å². The Kier molecular flexibility index (Phi) is 6.57. The van der Waals surface area contributed by atoms with Gasteiger partial charge in [0.2, 0.25) is 11.8 Å². The minimum absolute atomic E-state index is 0.00135. The van der Waals surface area contributed by atoms with Gasteiger partial charge in [0.15, 0.2) is 0 Å².